The number of imide groups is 1. The highest BCUT2D eigenvalue weighted by atomic mass is 16.5. The second-order valence-electron chi connectivity index (χ2n) is 7.87. The number of quaternary nitrogens is 1. The van der Waals surface area contributed by atoms with Gasteiger partial charge in [0.2, 0.25) is 0 Å². The zero-order chi connectivity index (χ0) is 19.9. The van der Waals surface area contributed by atoms with Crippen LogP contribution in [0, 0.1) is 0 Å². The number of ether oxygens (including phenoxy) is 1. The Hall–Kier alpha value is -2.28. The Bertz CT molecular complexity index is 667. The number of benzene rings is 1. The molecule has 7 heteroatoms. The van der Waals surface area contributed by atoms with Crippen LogP contribution in [0.1, 0.15) is 39.0 Å². The molecule has 3 rings (SSSR count). The van der Waals surface area contributed by atoms with E-state index < -0.39 is 0 Å². The minimum absolute atomic E-state index is 0.196. The summed E-state index contributed by atoms with van der Waals surface area (Å²) in [6.45, 7) is 5.36. The fourth-order valence-electron chi connectivity index (χ4n) is 4.17. The molecule has 3 amide bonds. The zero-order valence-electron chi connectivity index (χ0n) is 17.0. The molecule has 154 valence electrons. The molecule has 1 atom stereocenters. The van der Waals surface area contributed by atoms with Crippen LogP contribution in [-0.4, -0.2) is 57.3 Å². The minimum Gasteiger partial charge on any atom is -0.497 e. The first-order chi connectivity index (χ1) is 13.6. The van der Waals surface area contributed by atoms with Crippen molar-refractivity contribution >= 4 is 17.6 Å². The lowest BCUT2D eigenvalue weighted by Gasteiger charge is -2.36. The van der Waals surface area contributed by atoms with Crippen molar-refractivity contribution in [1.29, 1.82) is 0 Å². The quantitative estimate of drug-likeness (QED) is 0.701. The number of amides is 3. The number of nitrogens with zero attached hydrogens (tertiary/aromatic N) is 1. The van der Waals surface area contributed by atoms with E-state index in [1.165, 1.54) is 11.3 Å². The van der Waals surface area contributed by atoms with Gasteiger partial charge in [-0.05, 0) is 31.9 Å². The summed E-state index contributed by atoms with van der Waals surface area (Å²) in [7, 11) is 1.67. The monoisotopic (exact) mass is 389 g/mol. The van der Waals surface area contributed by atoms with Crippen LogP contribution in [0.2, 0.25) is 0 Å². The number of methoxy groups -OCH3 is 1. The lowest BCUT2D eigenvalue weighted by atomic mass is 9.96. The van der Waals surface area contributed by atoms with E-state index >= 15 is 0 Å². The Labute approximate surface area is 167 Å². The van der Waals surface area contributed by atoms with Crippen molar-refractivity contribution < 1.29 is 19.2 Å². The third-order valence-electron chi connectivity index (χ3n) is 6.01. The van der Waals surface area contributed by atoms with E-state index in [1.54, 1.807) is 7.11 Å². The van der Waals surface area contributed by atoms with E-state index in [9.17, 15) is 9.59 Å². The highest BCUT2D eigenvalue weighted by Gasteiger charge is 2.30. The van der Waals surface area contributed by atoms with Gasteiger partial charge in [-0.2, -0.15) is 0 Å². The van der Waals surface area contributed by atoms with Gasteiger partial charge in [0.15, 0.2) is 6.04 Å². The van der Waals surface area contributed by atoms with Gasteiger partial charge in [0.05, 0.1) is 33.3 Å². The van der Waals surface area contributed by atoms with Gasteiger partial charge in [-0.1, -0.05) is 25.3 Å². The van der Waals surface area contributed by atoms with Crippen LogP contribution < -0.4 is 25.2 Å². The molecule has 0 radical (unpaired) electrons. The number of hydrogen-bond acceptors (Lipinski definition) is 4. The van der Waals surface area contributed by atoms with Crippen LogP contribution in [0.4, 0.5) is 10.5 Å². The van der Waals surface area contributed by atoms with Crippen molar-refractivity contribution in [1.82, 2.24) is 10.6 Å². The Balaban J connectivity index is 1.45. The number of carbonyl (C=O) groups is 2. The maximum absolute atomic E-state index is 12.5. The van der Waals surface area contributed by atoms with Crippen molar-refractivity contribution in [3.05, 3.63) is 24.3 Å². The first kappa shape index (κ1) is 20.5. The summed E-state index contributed by atoms with van der Waals surface area (Å²) >= 11 is 0. The largest absolute Gasteiger partial charge is 0.497 e. The fraction of sp³-hybridized carbons (Fsp3) is 0.619. The van der Waals surface area contributed by atoms with Crippen molar-refractivity contribution in [2.45, 2.75) is 51.1 Å². The molecule has 28 heavy (non-hydrogen) atoms. The smallest absolute Gasteiger partial charge is 0.321 e. The summed E-state index contributed by atoms with van der Waals surface area (Å²) in [6.07, 6.45) is 5.55. The van der Waals surface area contributed by atoms with E-state index in [2.05, 4.69) is 21.6 Å². The zero-order valence-corrected chi connectivity index (χ0v) is 17.0. The predicted molar refractivity (Wildman–Crippen MR) is 109 cm³/mol. The van der Waals surface area contributed by atoms with E-state index in [-0.39, 0.29) is 24.0 Å². The molecule has 7 nitrogen and oxygen atoms in total. The van der Waals surface area contributed by atoms with Crippen LogP contribution in [0.3, 0.4) is 0 Å². The molecular weight excluding hydrogens is 356 g/mol. The molecule has 1 heterocycles. The minimum atomic E-state index is -0.349. The lowest BCUT2D eigenvalue weighted by Crippen LogP contribution is -3.19. The molecule has 2 fully saturated rings. The van der Waals surface area contributed by atoms with E-state index in [0.29, 0.717) is 0 Å². The van der Waals surface area contributed by atoms with Crippen molar-refractivity contribution in [3.8, 4) is 5.75 Å². The van der Waals surface area contributed by atoms with Crippen LogP contribution in [-0.2, 0) is 4.79 Å². The van der Waals surface area contributed by atoms with Gasteiger partial charge in [0, 0.05) is 17.8 Å². The fourth-order valence-corrected chi connectivity index (χ4v) is 4.17. The average Bonchev–Trinajstić information content (AvgIpc) is 2.74. The molecule has 0 aromatic heterocycles. The molecule has 1 aliphatic carbocycles. The third-order valence-corrected chi connectivity index (χ3v) is 6.01. The number of urea groups is 1. The molecule has 1 saturated carbocycles. The third kappa shape index (κ3) is 5.38. The second kappa shape index (κ2) is 9.78. The lowest BCUT2D eigenvalue weighted by molar-refractivity contribution is -0.914. The van der Waals surface area contributed by atoms with Gasteiger partial charge in [0.1, 0.15) is 5.75 Å². The highest BCUT2D eigenvalue weighted by molar-refractivity contribution is 5.96. The molecular formula is C21H33N4O3+. The predicted octanol–water partition coefficient (Wildman–Crippen LogP) is 0.947. The molecule has 0 unspecified atom stereocenters. The Morgan fingerprint density at radius 2 is 1.89 bits per heavy atom. The van der Waals surface area contributed by atoms with Gasteiger partial charge < -0.3 is 19.9 Å². The molecule has 1 aliphatic heterocycles. The van der Waals surface area contributed by atoms with Crippen molar-refractivity contribution in [2.75, 3.05) is 38.2 Å². The number of anilines is 1. The Morgan fingerprint density at radius 3 is 2.57 bits per heavy atom. The molecule has 3 N–H and O–H groups in total. The van der Waals surface area contributed by atoms with Gasteiger partial charge >= 0.3 is 6.03 Å². The molecule has 1 aromatic rings. The number of nitrogens with one attached hydrogen (secondary N) is 3. The number of piperazine rings is 1. The summed E-state index contributed by atoms with van der Waals surface area (Å²) in [6, 6.07) is 7.67. The van der Waals surface area contributed by atoms with Gasteiger partial charge in [-0.3, -0.25) is 10.1 Å². The molecule has 0 bridgehead atoms. The van der Waals surface area contributed by atoms with E-state index in [1.807, 2.05) is 25.1 Å². The van der Waals surface area contributed by atoms with Gasteiger partial charge in [0.25, 0.3) is 5.91 Å². The van der Waals surface area contributed by atoms with Gasteiger partial charge in [-0.15, -0.1) is 0 Å². The first-order valence-electron chi connectivity index (χ1n) is 10.4. The normalized spacial score (nSPS) is 19.7. The van der Waals surface area contributed by atoms with E-state index in [0.717, 1.165) is 63.3 Å². The van der Waals surface area contributed by atoms with Crippen LogP contribution >= 0.6 is 0 Å². The SMILES string of the molecule is COc1cccc(N2CC[NH+]([C@H](C)C(=O)NC(=O)NC3CCCCC3)CC2)c1. The van der Waals surface area contributed by atoms with Crippen LogP contribution in [0.5, 0.6) is 5.75 Å². The first-order valence-corrected chi connectivity index (χ1v) is 10.4. The molecule has 1 saturated heterocycles. The summed E-state index contributed by atoms with van der Waals surface area (Å²) in [4.78, 5) is 28.2. The second-order valence-corrected chi connectivity index (χ2v) is 7.87. The average molecular weight is 390 g/mol. The highest BCUT2D eigenvalue weighted by Crippen LogP contribution is 2.20. The topological polar surface area (TPSA) is 75.1 Å². The standard InChI is InChI=1S/C21H32N4O3/c1-16(20(26)23-21(27)22-17-7-4-3-5-8-17)24-11-13-25(14-12-24)18-9-6-10-19(15-18)28-2/h6,9-10,15-17H,3-5,7-8,11-14H2,1-2H3,(H2,22,23,26,27)/p+1/t16-/m1/s1. The van der Waals surface area contributed by atoms with Gasteiger partial charge in [-0.25, -0.2) is 4.79 Å². The number of carbonyl (C=O) groups excluding carboxylic acids is 2. The summed E-state index contributed by atoms with van der Waals surface area (Å²) in [5.41, 5.74) is 1.14. The molecule has 1 aromatic carbocycles. The van der Waals surface area contributed by atoms with Crippen molar-refractivity contribution in [2.24, 2.45) is 0 Å². The maximum Gasteiger partial charge on any atom is 0.321 e. The number of hydrogen-bond donors (Lipinski definition) is 3. The number of rotatable bonds is 5. The van der Waals surface area contributed by atoms with Crippen molar-refractivity contribution in [3.63, 3.8) is 0 Å². The van der Waals surface area contributed by atoms with E-state index in [4.69, 9.17) is 4.74 Å². The maximum atomic E-state index is 12.5. The summed E-state index contributed by atoms with van der Waals surface area (Å²) in [5.74, 6) is 0.655. The summed E-state index contributed by atoms with van der Waals surface area (Å²) < 4.78 is 5.31. The van der Waals surface area contributed by atoms with Crippen LogP contribution in [0.15, 0.2) is 24.3 Å². The Kier molecular flexibility index (Phi) is 7.14. The summed E-state index contributed by atoms with van der Waals surface area (Å²) in [5, 5.41) is 5.49. The Morgan fingerprint density at radius 1 is 1.18 bits per heavy atom. The molecule has 0 spiro atoms. The van der Waals surface area contributed by atoms with Crippen LogP contribution in [0.25, 0.3) is 0 Å². The molecule has 2 aliphatic rings.